The lowest BCUT2D eigenvalue weighted by atomic mass is 10.1. The van der Waals surface area contributed by atoms with Crippen molar-refractivity contribution in [2.24, 2.45) is 0 Å². The van der Waals surface area contributed by atoms with E-state index in [2.05, 4.69) is 15.9 Å². The molecule has 1 aliphatic heterocycles. The maximum atomic E-state index is 13.2. The zero-order valence-electron chi connectivity index (χ0n) is 16.1. The number of phenols is 1. The molecule has 1 amide bonds. The topological polar surface area (TPSA) is 77.9 Å². The van der Waals surface area contributed by atoms with E-state index in [9.17, 15) is 18.3 Å². The fourth-order valence-electron chi connectivity index (χ4n) is 3.68. The minimum absolute atomic E-state index is 0.0887. The Labute approximate surface area is 174 Å². The minimum atomic E-state index is -3.63. The van der Waals surface area contributed by atoms with Crippen LogP contribution >= 0.6 is 15.9 Å². The van der Waals surface area contributed by atoms with E-state index in [-0.39, 0.29) is 43.4 Å². The number of hydrogen-bond donors (Lipinski definition) is 1. The predicted molar refractivity (Wildman–Crippen MR) is 111 cm³/mol. The van der Waals surface area contributed by atoms with Gasteiger partial charge in [-0.1, -0.05) is 33.6 Å². The molecule has 150 valence electrons. The molecule has 6 nitrogen and oxygen atoms in total. The zero-order chi connectivity index (χ0) is 20.6. The highest BCUT2D eigenvalue weighted by Crippen LogP contribution is 2.27. The summed E-state index contributed by atoms with van der Waals surface area (Å²) in [5.41, 5.74) is 2.69. The van der Waals surface area contributed by atoms with Crippen molar-refractivity contribution in [2.45, 2.75) is 25.7 Å². The third kappa shape index (κ3) is 3.94. The van der Waals surface area contributed by atoms with Gasteiger partial charge >= 0.3 is 0 Å². The van der Waals surface area contributed by atoms with Gasteiger partial charge in [0.05, 0.1) is 10.5 Å². The third-order valence-electron chi connectivity index (χ3n) is 4.92. The first kappa shape index (κ1) is 20.8. The van der Waals surface area contributed by atoms with Gasteiger partial charge in [0.25, 0.3) is 5.91 Å². The number of carbonyl (C=O) groups excluding carboxylic acids is 1. The van der Waals surface area contributed by atoms with Crippen molar-refractivity contribution in [2.75, 3.05) is 26.2 Å². The normalized spacial score (nSPS) is 15.6. The number of carbonyl (C=O) groups is 1. The van der Waals surface area contributed by atoms with E-state index in [1.807, 2.05) is 32.9 Å². The summed E-state index contributed by atoms with van der Waals surface area (Å²) < 4.78 is 28.5. The smallest absolute Gasteiger partial charge is 0.257 e. The van der Waals surface area contributed by atoms with E-state index < -0.39 is 10.0 Å². The monoisotopic (exact) mass is 466 g/mol. The number of hydrogen-bond acceptors (Lipinski definition) is 4. The Bertz CT molecular complexity index is 1010. The maximum absolute atomic E-state index is 13.2. The Balaban J connectivity index is 1.78. The van der Waals surface area contributed by atoms with Crippen LogP contribution in [0.15, 0.2) is 39.7 Å². The molecule has 2 aromatic rings. The minimum Gasteiger partial charge on any atom is -0.507 e. The summed E-state index contributed by atoms with van der Waals surface area (Å²) in [6.07, 6.45) is 0. The van der Waals surface area contributed by atoms with Gasteiger partial charge in [-0.15, -0.1) is 0 Å². The van der Waals surface area contributed by atoms with Gasteiger partial charge in [0.15, 0.2) is 0 Å². The average molecular weight is 467 g/mol. The Morgan fingerprint density at radius 3 is 2.14 bits per heavy atom. The maximum Gasteiger partial charge on any atom is 0.257 e. The number of nitrogens with zero attached hydrogens (tertiary/aromatic N) is 2. The second-order valence-corrected chi connectivity index (χ2v) is 9.88. The quantitative estimate of drug-likeness (QED) is 0.752. The molecule has 0 unspecified atom stereocenters. The Morgan fingerprint density at radius 2 is 1.57 bits per heavy atom. The lowest BCUT2D eigenvalue weighted by molar-refractivity contribution is 0.0694. The Kier molecular flexibility index (Phi) is 5.84. The summed E-state index contributed by atoms with van der Waals surface area (Å²) in [6, 6.07) is 8.43. The Hall–Kier alpha value is -1.90. The van der Waals surface area contributed by atoms with Crippen LogP contribution in [0.4, 0.5) is 0 Å². The molecule has 0 saturated carbocycles. The van der Waals surface area contributed by atoms with Crippen molar-refractivity contribution in [3.05, 3.63) is 57.1 Å². The number of phenolic OH excluding ortho intramolecular Hbond substituents is 1. The van der Waals surface area contributed by atoms with E-state index in [1.54, 1.807) is 17.0 Å². The molecular formula is C20H23BrN2O4S. The van der Waals surface area contributed by atoms with Gasteiger partial charge in [0, 0.05) is 30.7 Å². The van der Waals surface area contributed by atoms with Gasteiger partial charge in [-0.05, 0) is 50.1 Å². The molecule has 2 aromatic carbocycles. The van der Waals surface area contributed by atoms with Gasteiger partial charge in [0.1, 0.15) is 5.75 Å². The summed E-state index contributed by atoms with van der Waals surface area (Å²) in [6.45, 7) is 6.54. The van der Waals surface area contributed by atoms with Gasteiger partial charge in [-0.2, -0.15) is 4.31 Å². The van der Waals surface area contributed by atoms with Crippen molar-refractivity contribution in [3.63, 3.8) is 0 Å². The first-order valence-corrected chi connectivity index (χ1v) is 11.2. The lowest BCUT2D eigenvalue weighted by Gasteiger charge is -2.34. The zero-order valence-corrected chi connectivity index (χ0v) is 18.5. The van der Waals surface area contributed by atoms with E-state index >= 15 is 0 Å². The van der Waals surface area contributed by atoms with Crippen LogP contribution in [0.2, 0.25) is 0 Å². The first-order valence-electron chi connectivity index (χ1n) is 8.97. The number of sulfonamides is 1. The lowest BCUT2D eigenvalue weighted by Crippen LogP contribution is -2.50. The second-order valence-electron chi connectivity index (χ2n) is 7.09. The summed E-state index contributed by atoms with van der Waals surface area (Å²) in [5.74, 6) is -0.396. The molecule has 1 aliphatic rings. The van der Waals surface area contributed by atoms with Gasteiger partial charge in [-0.25, -0.2) is 8.42 Å². The number of amides is 1. The predicted octanol–water partition coefficient (Wildman–Crippen LogP) is 3.23. The highest BCUT2D eigenvalue weighted by Gasteiger charge is 2.32. The molecule has 3 rings (SSSR count). The summed E-state index contributed by atoms with van der Waals surface area (Å²) in [5, 5.41) is 9.97. The third-order valence-corrected chi connectivity index (χ3v) is 7.62. The largest absolute Gasteiger partial charge is 0.507 e. The SMILES string of the molecule is Cc1cc(C)c(S(=O)(=O)N2CCN(C(=O)c3cc(Br)ccc3O)CC2)c(C)c1. The molecule has 1 fully saturated rings. The van der Waals surface area contributed by atoms with Crippen molar-refractivity contribution in [3.8, 4) is 5.75 Å². The molecule has 1 saturated heterocycles. The number of halogens is 1. The number of aryl methyl sites for hydroxylation is 3. The van der Waals surface area contributed by atoms with E-state index in [0.717, 1.165) is 16.7 Å². The molecular weight excluding hydrogens is 444 g/mol. The highest BCUT2D eigenvalue weighted by molar-refractivity contribution is 9.10. The summed E-state index contributed by atoms with van der Waals surface area (Å²) in [7, 11) is -3.63. The molecule has 1 N–H and O–H groups in total. The van der Waals surface area contributed by atoms with Crippen LogP contribution in [-0.2, 0) is 10.0 Å². The molecule has 8 heteroatoms. The number of rotatable bonds is 3. The molecule has 0 aliphatic carbocycles. The number of benzene rings is 2. The van der Waals surface area contributed by atoms with Crippen LogP contribution in [0, 0.1) is 20.8 Å². The molecule has 0 bridgehead atoms. The molecule has 0 aromatic heterocycles. The fourth-order valence-corrected chi connectivity index (χ4v) is 5.88. The highest BCUT2D eigenvalue weighted by atomic mass is 79.9. The average Bonchev–Trinajstić information content (AvgIpc) is 2.62. The van der Waals surface area contributed by atoms with Gasteiger partial charge in [-0.3, -0.25) is 4.79 Å². The Morgan fingerprint density at radius 1 is 1.00 bits per heavy atom. The van der Waals surface area contributed by atoms with Crippen LogP contribution in [0.25, 0.3) is 0 Å². The number of aromatic hydroxyl groups is 1. The van der Waals surface area contributed by atoms with Crippen molar-refractivity contribution in [1.29, 1.82) is 0 Å². The number of piperazine rings is 1. The summed E-state index contributed by atoms with van der Waals surface area (Å²) >= 11 is 3.30. The second kappa shape index (κ2) is 7.85. The molecule has 0 radical (unpaired) electrons. The standard InChI is InChI=1S/C20H23BrN2O4S/c1-13-10-14(2)19(15(3)11-13)28(26,27)23-8-6-22(7-9-23)20(25)17-12-16(21)4-5-18(17)24/h4-5,10-12,24H,6-9H2,1-3H3. The fraction of sp³-hybridized carbons (Fsp3) is 0.350. The van der Waals surface area contributed by atoms with Crippen LogP contribution < -0.4 is 0 Å². The van der Waals surface area contributed by atoms with E-state index in [0.29, 0.717) is 9.37 Å². The molecule has 28 heavy (non-hydrogen) atoms. The van der Waals surface area contributed by atoms with Crippen LogP contribution in [0.3, 0.4) is 0 Å². The molecule has 0 spiro atoms. The molecule has 0 atom stereocenters. The first-order chi connectivity index (χ1) is 13.1. The van der Waals surface area contributed by atoms with Crippen molar-refractivity contribution < 1.29 is 18.3 Å². The van der Waals surface area contributed by atoms with Gasteiger partial charge < -0.3 is 10.0 Å². The van der Waals surface area contributed by atoms with Gasteiger partial charge in [0.2, 0.25) is 10.0 Å². The van der Waals surface area contributed by atoms with Crippen molar-refractivity contribution >= 4 is 31.9 Å². The summed E-state index contributed by atoms with van der Waals surface area (Å²) in [4.78, 5) is 14.6. The van der Waals surface area contributed by atoms with Crippen LogP contribution in [0.5, 0.6) is 5.75 Å². The van der Waals surface area contributed by atoms with E-state index in [4.69, 9.17) is 0 Å². The van der Waals surface area contributed by atoms with E-state index in [1.165, 1.54) is 10.4 Å². The molecule has 1 heterocycles. The van der Waals surface area contributed by atoms with Crippen LogP contribution in [0.1, 0.15) is 27.0 Å². The van der Waals surface area contributed by atoms with Crippen molar-refractivity contribution in [1.82, 2.24) is 9.21 Å². The van der Waals surface area contributed by atoms with Crippen LogP contribution in [-0.4, -0.2) is 54.8 Å².